The van der Waals surface area contributed by atoms with Crippen LogP contribution in [0.3, 0.4) is 0 Å². The van der Waals surface area contributed by atoms with Crippen molar-refractivity contribution < 1.29 is 13.6 Å². The number of rotatable bonds is 3. The molecule has 0 atom stereocenters. The predicted octanol–water partition coefficient (Wildman–Crippen LogP) is 3.05. The molecule has 0 spiro atoms. The van der Waals surface area contributed by atoms with Gasteiger partial charge in [0.25, 0.3) is 0 Å². The fraction of sp³-hybridized carbons (Fsp3) is 0.400. The Morgan fingerprint density at radius 3 is 2.29 bits per heavy atom. The molecule has 0 amide bonds. The highest BCUT2D eigenvalue weighted by Crippen LogP contribution is 2.29. The summed E-state index contributed by atoms with van der Waals surface area (Å²) in [5.41, 5.74) is 0. The summed E-state index contributed by atoms with van der Waals surface area (Å²) in [5.74, 6) is 0.763. The summed E-state index contributed by atoms with van der Waals surface area (Å²) >= 11 is 0. The molecule has 1 aromatic rings. The zero-order valence-corrected chi connectivity index (χ0v) is 9.93. The summed E-state index contributed by atoms with van der Waals surface area (Å²) in [6, 6.07) is 4.29. The second kappa shape index (κ2) is 4.00. The van der Waals surface area contributed by atoms with E-state index in [0.717, 1.165) is 0 Å². The van der Waals surface area contributed by atoms with Crippen LogP contribution in [0.2, 0.25) is 19.6 Å². The molecule has 0 fully saturated rings. The molecule has 78 valence electrons. The molecule has 0 heterocycles. The van der Waals surface area contributed by atoms with Crippen LogP contribution in [0.1, 0.15) is 0 Å². The van der Waals surface area contributed by atoms with Gasteiger partial charge in [0.15, 0.2) is 5.75 Å². The van der Waals surface area contributed by atoms with Gasteiger partial charge in [-0.3, -0.25) is 0 Å². The summed E-state index contributed by atoms with van der Waals surface area (Å²) in [5, 5.41) is 0. The molecule has 0 saturated heterocycles. The van der Waals surface area contributed by atoms with Gasteiger partial charge in [-0.15, -0.1) is 0 Å². The van der Waals surface area contributed by atoms with E-state index in [4.69, 9.17) is 9.16 Å². The third-order valence-corrected chi connectivity index (χ3v) is 2.37. The molecule has 0 bridgehead atoms. The average molecular weight is 214 g/mol. The Morgan fingerprint density at radius 1 is 1.14 bits per heavy atom. The Morgan fingerprint density at radius 2 is 1.79 bits per heavy atom. The van der Waals surface area contributed by atoms with Crippen molar-refractivity contribution >= 4 is 8.32 Å². The Kier molecular flexibility index (Phi) is 3.16. The van der Waals surface area contributed by atoms with Crippen LogP contribution in [0, 0.1) is 5.82 Å². The molecule has 0 aliphatic heterocycles. The van der Waals surface area contributed by atoms with Gasteiger partial charge >= 0.3 is 0 Å². The first-order valence-corrected chi connectivity index (χ1v) is 7.86. The maximum Gasteiger partial charge on any atom is 0.242 e. The van der Waals surface area contributed by atoms with E-state index in [2.05, 4.69) is 0 Å². The van der Waals surface area contributed by atoms with E-state index in [9.17, 15) is 4.39 Å². The quantitative estimate of drug-likeness (QED) is 0.720. The number of hydrogen-bond donors (Lipinski definition) is 0. The predicted molar refractivity (Wildman–Crippen MR) is 56.9 cm³/mol. The molecule has 0 aromatic heterocycles. The van der Waals surface area contributed by atoms with Crippen molar-refractivity contribution in [2.75, 3.05) is 7.11 Å². The average Bonchev–Trinajstić information content (AvgIpc) is 2.01. The zero-order valence-electron chi connectivity index (χ0n) is 8.93. The van der Waals surface area contributed by atoms with Crippen LogP contribution in [0.25, 0.3) is 0 Å². The summed E-state index contributed by atoms with van der Waals surface area (Å²) in [7, 11) is -0.169. The van der Waals surface area contributed by atoms with Crippen LogP contribution in [0.5, 0.6) is 11.5 Å². The molecule has 2 nitrogen and oxygen atoms in total. The summed E-state index contributed by atoms with van der Waals surface area (Å²) in [6.07, 6.45) is 0. The second-order valence-corrected chi connectivity index (χ2v) is 8.44. The van der Waals surface area contributed by atoms with Crippen molar-refractivity contribution in [3.63, 3.8) is 0 Å². The van der Waals surface area contributed by atoms with Gasteiger partial charge in [0, 0.05) is 6.07 Å². The molecular formula is C10H15FO2Si. The molecule has 0 N–H and O–H groups in total. The first-order chi connectivity index (χ1) is 6.42. The van der Waals surface area contributed by atoms with Gasteiger partial charge in [-0.1, -0.05) is 0 Å². The molecule has 0 aliphatic carbocycles. The minimum atomic E-state index is -1.72. The largest absolute Gasteiger partial charge is 0.542 e. The Bertz CT molecular complexity index is 320. The molecule has 0 saturated carbocycles. The van der Waals surface area contributed by atoms with E-state index in [1.54, 1.807) is 13.2 Å². The van der Waals surface area contributed by atoms with Crippen molar-refractivity contribution in [1.29, 1.82) is 0 Å². The van der Waals surface area contributed by atoms with E-state index in [1.165, 1.54) is 12.1 Å². The molecule has 1 aromatic carbocycles. The van der Waals surface area contributed by atoms with Gasteiger partial charge in [-0.25, -0.2) is 4.39 Å². The first kappa shape index (κ1) is 11.0. The monoisotopic (exact) mass is 214 g/mol. The smallest absolute Gasteiger partial charge is 0.242 e. The number of methoxy groups -OCH3 is 1. The number of benzene rings is 1. The van der Waals surface area contributed by atoms with Gasteiger partial charge in [0.05, 0.1) is 7.11 Å². The van der Waals surface area contributed by atoms with Crippen molar-refractivity contribution in [1.82, 2.24) is 0 Å². The second-order valence-electron chi connectivity index (χ2n) is 4.01. The van der Waals surface area contributed by atoms with Crippen LogP contribution in [-0.4, -0.2) is 15.4 Å². The zero-order chi connectivity index (χ0) is 10.8. The maximum atomic E-state index is 12.9. The highest BCUT2D eigenvalue weighted by molar-refractivity contribution is 6.70. The fourth-order valence-electron chi connectivity index (χ4n) is 1.06. The van der Waals surface area contributed by atoms with Gasteiger partial charge in [-0.05, 0) is 31.8 Å². The van der Waals surface area contributed by atoms with Crippen molar-refractivity contribution in [2.24, 2.45) is 0 Å². The lowest BCUT2D eigenvalue weighted by molar-refractivity contribution is 0.390. The first-order valence-electron chi connectivity index (χ1n) is 4.45. The lowest BCUT2D eigenvalue weighted by Gasteiger charge is -2.20. The van der Waals surface area contributed by atoms with Crippen molar-refractivity contribution in [3.05, 3.63) is 24.0 Å². The minimum absolute atomic E-state index is 0.306. The van der Waals surface area contributed by atoms with Crippen LogP contribution in [-0.2, 0) is 0 Å². The topological polar surface area (TPSA) is 18.5 Å². The molecule has 0 aliphatic rings. The summed E-state index contributed by atoms with van der Waals surface area (Å²) in [6.45, 7) is 6.12. The molecule has 4 heteroatoms. The number of halogens is 1. The van der Waals surface area contributed by atoms with Crippen LogP contribution in [0.4, 0.5) is 4.39 Å². The van der Waals surface area contributed by atoms with Crippen molar-refractivity contribution in [2.45, 2.75) is 19.6 Å². The van der Waals surface area contributed by atoms with E-state index in [0.29, 0.717) is 11.5 Å². The van der Waals surface area contributed by atoms with Gasteiger partial charge < -0.3 is 9.16 Å². The lowest BCUT2D eigenvalue weighted by Crippen LogP contribution is -2.29. The summed E-state index contributed by atoms with van der Waals surface area (Å²) in [4.78, 5) is 0. The van der Waals surface area contributed by atoms with E-state index in [1.807, 2.05) is 19.6 Å². The standard InChI is InChI=1S/C10H15FO2Si/c1-12-9-6-5-8(11)7-10(9)13-14(2,3)4/h5-7H,1-4H3. The molecule has 0 unspecified atom stereocenters. The third kappa shape index (κ3) is 3.03. The third-order valence-electron chi connectivity index (χ3n) is 1.54. The van der Waals surface area contributed by atoms with E-state index >= 15 is 0 Å². The Hall–Kier alpha value is -1.03. The molecular weight excluding hydrogens is 199 g/mol. The normalized spacial score (nSPS) is 11.2. The van der Waals surface area contributed by atoms with E-state index in [-0.39, 0.29) is 5.82 Å². The van der Waals surface area contributed by atoms with Gasteiger partial charge in [0.2, 0.25) is 8.32 Å². The van der Waals surface area contributed by atoms with Gasteiger partial charge in [-0.2, -0.15) is 0 Å². The molecule has 1 rings (SSSR count). The highest BCUT2D eigenvalue weighted by Gasteiger charge is 2.18. The number of ether oxygens (including phenoxy) is 1. The maximum absolute atomic E-state index is 12.9. The molecule has 14 heavy (non-hydrogen) atoms. The van der Waals surface area contributed by atoms with Crippen molar-refractivity contribution in [3.8, 4) is 11.5 Å². The molecule has 0 radical (unpaired) electrons. The van der Waals surface area contributed by atoms with Crippen LogP contribution < -0.4 is 9.16 Å². The Balaban J connectivity index is 2.99. The lowest BCUT2D eigenvalue weighted by atomic mass is 10.3. The number of hydrogen-bond acceptors (Lipinski definition) is 2. The van der Waals surface area contributed by atoms with Crippen LogP contribution >= 0.6 is 0 Å². The SMILES string of the molecule is COc1ccc(F)cc1O[Si](C)(C)C. The van der Waals surface area contributed by atoms with Crippen LogP contribution in [0.15, 0.2) is 18.2 Å². The summed E-state index contributed by atoms with van der Waals surface area (Å²) < 4.78 is 23.7. The fourth-order valence-corrected chi connectivity index (χ4v) is 1.88. The van der Waals surface area contributed by atoms with E-state index < -0.39 is 8.32 Å². The van der Waals surface area contributed by atoms with Gasteiger partial charge in [0.1, 0.15) is 11.6 Å². The Labute approximate surface area is 84.8 Å². The highest BCUT2D eigenvalue weighted by atomic mass is 28.4. The minimum Gasteiger partial charge on any atom is -0.542 e.